The lowest BCUT2D eigenvalue weighted by atomic mass is 9.75. The minimum atomic E-state index is 0.0189. The van der Waals surface area contributed by atoms with Crippen LogP contribution in [0.15, 0.2) is 18.3 Å². The zero-order valence-corrected chi connectivity index (χ0v) is 11.6. The third kappa shape index (κ3) is 3.23. The Bertz CT molecular complexity index is 437. The molecule has 0 spiro atoms. The normalized spacial score (nSPS) is 17.0. The highest BCUT2D eigenvalue weighted by Gasteiger charge is 2.39. The zero-order chi connectivity index (χ0) is 13.9. The number of carbonyl (C=O) groups is 1. The first kappa shape index (κ1) is 13.8. The highest BCUT2D eigenvalue weighted by Crippen LogP contribution is 2.35. The number of nitrogens with two attached hydrogens (primary N) is 1. The number of hydrogen-bond acceptors (Lipinski definition) is 4. The van der Waals surface area contributed by atoms with E-state index in [0.29, 0.717) is 18.7 Å². The van der Waals surface area contributed by atoms with Crippen LogP contribution in [-0.4, -0.2) is 42.0 Å². The lowest BCUT2D eigenvalue weighted by Crippen LogP contribution is -2.57. The molecule has 1 saturated carbocycles. The minimum absolute atomic E-state index is 0.0189. The van der Waals surface area contributed by atoms with Gasteiger partial charge in [-0.1, -0.05) is 0 Å². The summed E-state index contributed by atoms with van der Waals surface area (Å²) >= 11 is 0. The van der Waals surface area contributed by atoms with Crippen LogP contribution in [0, 0.1) is 0 Å². The fourth-order valence-electron chi connectivity index (χ4n) is 2.40. The van der Waals surface area contributed by atoms with Gasteiger partial charge in [0.1, 0.15) is 0 Å². The highest BCUT2D eigenvalue weighted by molar-refractivity contribution is 5.78. The number of rotatable bonds is 5. The van der Waals surface area contributed by atoms with Crippen LogP contribution in [0.5, 0.6) is 0 Å². The molecule has 1 aliphatic carbocycles. The van der Waals surface area contributed by atoms with Gasteiger partial charge >= 0.3 is 0 Å². The Labute approximate surface area is 114 Å². The Morgan fingerprint density at radius 3 is 2.68 bits per heavy atom. The van der Waals surface area contributed by atoms with E-state index in [2.05, 4.69) is 29.3 Å². The summed E-state index contributed by atoms with van der Waals surface area (Å²) in [4.78, 5) is 18.3. The van der Waals surface area contributed by atoms with Gasteiger partial charge in [-0.25, -0.2) is 0 Å². The van der Waals surface area contributed by atoms with Crippen molar-refractivity contribution in [3.63, 3.8) is 0 Å². The number of nitrogens with one attached hydrogen (secondary N) is 1. The summed E-state index contributed by atoms with van der Waals surface area (Å²) in [6.07, 6.45) is 5.44. The van der Waals surface area contributed by atoms with E-state index >= 15 is 0 Å². The number of amides is 1. The van der Waals surface area contributed by atoms with Crippen molar-refractivity contribution in [1.29, 1.82) is 0 Å². The van der Waals surface area contributed by atoms with Gasteiger partial charge in [-0.3, -0.25) is 9.78 Å². The van der Waals surface area contributed by atoms with Crippen LogP contribution in [0.4, 0.5) is 5.69 Å². The first-order valence-electron chi connectivity index (χ1n) is 6.66. The van der Waals surface area contributed by atoms with Gasteiger partial charge in [0.25, 0.3) is 0 Å². The molecule has 2 rings (SSSR count). The van der Waals surface area contributed by atoms with Crippen LogP contribution in [-0.2, 0) is 11.2 Å². The maximum absolute atomic E-state index is 11.9. The van der Waals surface area contributed by atoms with Crippen molar-refractivity contribution in [2.24, 2.45) is 0 Å². The second-order valence-corrected chi connectivity index (χ2v) is 5.51. The first-order valence-corrected chi connectivity index (χ1v) is 6.66. The van der Waals surface area contributed by atoms with Crippen molar-refractivity contribution in [2.45, 2.75) is 31.2 Å². The fraction of sp³-hybridized carbons (Fsp3) is 0.571. The molecule has 104 valence electrons. The van der Waals surface area contributed by atoms with Crippen molar-refractivity contribution in [3.8, 4) is 0 Å². The minimum Gasteiger partial charge on any atom is -0.397 e. The second-order valence-electron chi connectivity index (χ2n) is 5.51. The van der Waals surface area contributed by atoms with Crippen LogP contribution in [0.1, 0.15) is 25.0 Å². The van der Waals surface area contributed by atoms with Gasteiger partial charge in [0, 0.05) is 17.8 Å². The zero-order valence-electron chi connectivity index (χ0n) is 11.6. The molecule has 0 aliphatic heterocycles. The topological polar surface area (TPSA) is 71.2 Å². The molecule has 3 N–H and O–H groups in total. The molecule has 1 fully saturated rings. The molecule has 1 aliphatic rings. The van der Waals surface area contributed by atoms with Gasteiger partial charge in [0.05, 0.1) is 18.3 Å². The molecule has 1 aromatic heterocycles. The van der Waals surface area contributed by atoms with E-state index in [0.717, 1.165) is 18.5 Å². The Balaban J connectivity index is 1.83. The summed E-state index contributed by atoms with van der Waals surface area (Å²) in [7, 11) is 4.15. The molecule has 1 amide bonds. The molecule has 0 aromatic carbocycles. The predicted molar refractivity (Wildman–Crippen MR) is 75.6 cm³/mol. The van der Waals surface area contributed by atoms with Crippen molar-refractivity contribution in [2.75, 3.05) is 26.4 Å². The standard InChI is InChI=1S/C14H22N4O/c1-18(2)14(6-3-7-14)10-17-13(19)8-12-5-4-11(15)9-16-12/h4-5,9H,3,6-8,10,15H2,1-2H3,(H,17,19). The van der Waals surface area contributed by atoms with Crippen LogP contribution in [0.2, 0.25) is 0 Å². The van der Waals surface area contributed by atoms with E-state index in [1.807, 2.05) is 0 Å². The predicted octanol–water partition coefficient (Wildman–Crippen LogP) is 0.807. The molecule has 0 saturated heterocycles. The summed E-state index contributed by atoms with van der Waals surface area (Å²) in [5.41, 5.74) is 7.09. The third-order valence-corrected chi connectivity index (χ3v) is 4.04. The maximum Gasteiger partial charge on any atom is 0.226 e. The summed E-state index contributed by atoms with van der Waals surface area (Å²) in [6, 6.07) is 3.56. The van der Waals surface area contributed by atoms with Crippen molar-refractivity contribution >= 4 is 11.6 Å². The van der Waals surface area contributed by atoms with E-state index in [9.17, 15) is 4.79 Å². The fourth-order valence-corrected chi connectivity index (χ4v) is 2.40. The van der Waals surface area contributed by atoms with E-state index in [1.54, 1.807) is 18.3 Å². The van der Waals surface area contributed by atoms with Crippen LogP contribution in [0.3, 0.4) is 0 Å². The lowest BCUT2D eigenvalue weighted by Gasteiger charge is -2.47. The molecular formula is C14H22N4O. The quantitative estimate of drug-likeness (QED) is 0.823. The van der Waals surface area contributed by atoms with Gasteiger partial charge < -0.3 is 16.0 Å². The second kappa shape index (κ2) is 5.57. The largest absolute Gasteiger partial charge is 0.397 e. The average molecular weight is 262 g/mol. The molecule has 5 heteroatoms. The number of nitrogens with zero attached hydrogens (tertiary/aromatic N) is 2. The van der Waals surface area contributed by atoms with Gasteiger partial charge in [0.2, 0.25) is 5.91 Å². The Hall–Kier alpha value is -1.62. The maximum atomic E-state index is 11.9. The summed E-state index contributed by atoms with van der Waals surface area (Å²) < 4.78 is 0. The number of anilines is 1. The molecule has 0 radical (unpaired) electrons. The number of nitrogen functional groups attached to an aromatic ring is 1. The van der Waals surface area contributed by atoms with Crippen molar-refractivity contribution < 1.29 is 4.79 Å². The smallest absolute Gasteiger partial charge is 0.226 e. The van der Waals surface area contributed by atoms with E-state index in [1.165, 1.54) is 6.42 Å². The summed E-state index contributed by atoms with van der Waals surface area (Å²) in [5, 5.41) is 3.02. The number of pyridine rings is 1. The molecule has 0 atom stereocenters. The molecule has 1 heterocycles. The monoisotopic (exact) mass is 262 g/mol. The summed E-state index contributed by atoms with van der Waals surface area (Å²) in [6.45, 7) is 0.716. The summed E-state index contributed by atoms with van der Waals surface area (Å²) in [5.74, 6) is 0.0189. The van der Waals surface area contributed by atoms with Crippen LogP contribution < -0.4 is 11.1 Å². The molecule has 5 nitrogen and oxygen atoms in total. The van der Waals surface area contributed by atoms with Crippen LogP contribution >= 0.6 is 0 Å². The Kier molecular flexibility index (Phi) is 4.04. The molecule has 1 aromatic rings. The van der Waals surface area contributed by atoms with Gasteiger partial charge in [-0.15, -0.1) is 0 Å². The third-order valence-electron chi connectivity index (χ3n) is 4.04. The number of hydrogen-bond donors (Lipinski definition) is 2. The van der Waals surface area contributed by atoms with E-state index in [-0.39, 0.29) is 11.4 Å². The Morgan fingerprint density at radius 2 is 2.21 bits per heavy atom. The molecule has 0 unspecified atom stereocenters. The van der Waals surface area contributed by atoms with E-state index < -0.39 is 0 Å². The van der Waals surface area contributed by atoms with Gasteiger partial charge in [-0.2, -0.15) is 0 Å². The Morgan fingerprint density at radius 1 is 1.47 bits per heavy atom. The van der Waals surface area contributed by atoms with Crippen molar-refractivity contribution in [3.05, 3.63) is 24.0 Å². The molecular weight excluding hydrogens is 240 g/mol. The first-order chi connectivity index (χ1) is 9.02. The SMILES string of the molecule is CN(C)C1(CNC(=O)Cc2ccc(N)cn2)CCC1. The van der Waals surface area contributed by atoms with Gasteiger partial charge in [-0.05, 0) is 45.5 Å². The van der Waals surface area contributed by atoms with Crippen LogP contribution in [0.25, 0.3) is 0 Å². The van der Waals surface area contributed by atoms with Gasteiger partial charge in [0.15, 0.2) is 0 Å². The number of likely N-dealkylation sites (N-methyl/N-ethyl adjacent to an activating group) is 1. The van der Waals surface area contributed by atoms with Crippen molar-refractivity contribution in [1.82, 2.24) is 15.2 Å². The molecule has 19 heavy (non-hydrogen) atoms. The lowest BCUT2D eigenvalue weighted by molar-refractivity contribution is -0.121. The average Bonchev–Trinajstić information content (AvgIpc) is 2.30. The number of carbonyl (C=O) groups excluding carboxylic acids is 1. The number of aromatic nitrogens is 1. The highest BCUT2D eigenvalue weighted by atomic mass is 16.1. The molecule has 0 bridgehead atoms. The van der Waals surface area contributed by atoms with E-state index in [4.69, 9.17) is 5.73 Å².